The Morgan fingerprint density at radius 1 is 0.952 bits per heavy atom. The Balaban J connectivity index is 1.88. The second-order valence-electron chi connectivity index (χ2n) is 4.69. The van der Waals surface area contributed by atoms with Gasteiger partial charge in [-0.25, -0.2) is 0 Å². The van der Waals surface area contributed by atoms with Crippen LogP contribution < -0.4 is 5.32 Å². The third-order valence-corrected chi connectivity index (χ3v) is 2.89. The standard InChI is InChI=1S/C17H17NO3/c1-13(19)21-12-15-7-9-16(10-8-15)18-17(20)11-14-5-3-2-4-6-14/h2-10H,11-12H2,1H3,(H,18,20). The normalized spacial score (nSPS) is 9.95. The quantitative estimate of drug-likeness (QED) is 0.858. The zero-order valence-electron chi connectivity index (χ0n) is 11.8. The molecule has 0 aliphatic heterocycles. The van der Waals surface area contributed by atoms with E-state index < -0.39 is 0 Å². The van der Waals surface area contributed by atoms with Crippen LogP contribution in [0.15, 0.2) is 54.6 Å². The van der Waals surface area contributed by atoms with Gasteiger partial charge in [-0.05, 0) is 23.3 Å². The molecule has 0 spiro atoms. The van der Waals surface area contributed by atoms with Crippen molar-refractivity contribution in [3.63, 3.8) is 0 Å². The van der Waals surface area contributed by atoms with Crippen LogP contribution in [0.3, 0.4) is 0 Å². The van der Waals surface area contributed by atoms with Crippen molar-refractivity contribution < 1.29 is 14.3 Å². The molecule has 1 amide bonds. The highest BCUT2D eigenvalue weighted by molar-refractivity contribution is 5.92. The van der Waals surface area contributed by atoms with E-state index in [4.69, 9.17) is 4.74 Å². The summed E-state index contributed by atoms with van der Waals surface area (Å²) in [5.74, 6) is -0.371. The van der Waals surface area contributed by atoms with Gasteiger partial charge in [0.2, 0.25) is 5.91 Å². The van der Waals surface area contributed by atoms with Crippen LogP contribution >= 0.6 is 0 Å². The number of anilines is 1. The zero-order valence-corrected chi connectivity index (χ0v) is 11.8. The second kappa shape index (κ2) is 7.24. The highest BCUT2D eigenvalue weighted by Gasteiger charge is 2.04. The van der Waals surface area contributed by atoms with Crippen LogP contribution in [0.4, 0.5) is 5.69 Å². The molecular weight excluding hydrogens is 266 g/mol. The monoisotopic (exact) mass is 283 g/mol. The van der Waals surface area contributed by atoms with Gasteiger partial charge in [-0.15, -0.1) is 0 Å². The molecule has 2 aromatic carbocycles. The predicted molar refractivity (Wildman–Crippen MR) is 80.7 cm³/mol. The molecule has 0 atom stereocenters. The summed E-state index contributed by atoms with van der Waals surface area (Å²) in [6.45, 7) is 1.62. The van der Waals surface area contributed by atoms with Crippen LogP contribution in [0.2, 0.25) is 0 Å². The Kier molecular flexibility index (Phi) is 5.10. The predicted octanol–water partition coefficient (Wildman–Crippen LogP) is 2.93. The van der Waals surface area contributed by atoms with Gasteiger partial charge in [0.25, 0.3) is 0 Å². The summed E-state index contributed by atoms with van der Waals surface area (Å²) >= 11 is 0. The number of esters is 1. The second-order valence-corrected chi connectivity index (χ2v) is 4.69. The number of amides is 1. The maximum atomic E-state index is 11.9. The average Bonchev–Trinajstić information content (AvgIpc) is 2.47. The van der Waals surface area contributed by atoms with Crippen molar-refractivity contribution in [3.8, 4) is 0 Å². The van der Waals surface area contributed by atoms with E-state index in [1.165, 1.54) is 6.92 Å². The lowest BCUT2D eigenvalue weighted by molar-refractivity contribution is -0.142. The van der Waals surface area contributed by atoms with Gasteiger partial charge in [-0.3, -0.25) is 9.59 Å². The zero-order chi connectivity index (χ0) is 15.1. The van der Waals surface area contributed by atoms with Crippen LogP contribution in [0.25, 0.3) is 0 Å². The Hall–Kier alpha value is -2.62. The molecule has 1 N–H and O–H groups in total. The molecule has 108 valence electrons. The highest BCUT2D eigenvalue weighted by Crippen LogP contribution is 2.11. The molecule has 2 aromatic rings. The van der Waals surface area contributed by atoms with E-state index in [0.29, 0.717) is 6.42 Å². The van der Waals surface area contributed by atoms with Crippen molar-refractivity contribution in [2.75, 3.05) is 5.32 Å². The summed E-state index contributed by atoms with van der Waals surface area (Å²) < 4.78 is 4.90. The van der Waals surface area contributed by atoms with E-state index in [1.807, 2.05) is 42.5 Å². The Morgan fingerprint density at radius 2 is 1.62 bits per heavy atom. The largest absolute Gasteiger partial charge is 0.461 e. The molecular formula is C17H17NO3. The van der Waals surface area contributed by atoms with Gasteiger partial charge in [0, 0.05) is 12.6 Å². The molecule has 0 aromatic heterocycles. The molecule has 0 aliphatic rings. The topological polar surface area (TPSA) is 55.4 Å². The number of carbonyl (C=O) groups excluding carboxylic acids is 2. The van der Waals surface area contributed by atoms with Crippen molar-refractivity contribution >= 4 is 17.6 Å². The number of carbonyl (C=O) groups is 2. The van der Waals surface area contributed by atoms with Crippen molar-refractivity contribution in [1.29, 1.82) is 0 Å². The van der Waals surface area contributed by atoms with Crippen molar-refractivity contribution in [2.45, 2.75) is 20.0 Å². The summed E-state index contributed by atoms with van der Waals surface area (Å²) in [5.41, 5.74) is 2.58. The minimum Gasteiger partial charge on any atom is -0.461 e. The van der Waals surface area contributed by atoms with E-state index in [-0.39, 0.29) is 18.5 Å². The molecule has 0 heterocycles. The molecule has 0 aliphatic carbocycles. The fourth-order valence-corrected chi connectivity index (χ4v) is 1.86. The lowest BCUT2D eigenvalue weighted by Crippen LogP contribution is -2.14. The number of benzene rings is 2. The van der Waals surface area contributed by atoms with E-state index in [2.05, 4.69) is 5.32 Å². The summed E-state index contributed by atoms with van der Waals surface area (Å²) in [4.78, 5) is 22.6. The minimum atomic E-state index is -0.310. The first-order valence-electron chi connectivity index (χ1n) is 6.69. The Morgan fingerprint density at radius 3 is 2.24 bits per heavy atom. The maximum absolute atomic E-state index is 11.9. The number of ether oxygens (including phenoxy) is 1. The lowest BCUT2D eigenvalue weighted by atomic mass is 10.1. The van der Waals surface area contributed by atoms with Gasteiger partial charge in [0.15, 0.2) is 0 Å². The minimum absolute atomic E-state index is 0.0612. The molecule has 0 radical (unpaired) electrons. The first kappa shape index (κ1) is 14.8. The van der Waals surface area contributed by atoms with Crippen LogP contribution in [0.1, 0.15) is 18.1 Å². The highest BCUT2D eigenvalue weighted by atomic mass is 16.5. The summed E-state index contributed by atoms with van der Waals surface area (Å²) in [6, 6.07) is 16.8. The molecule has 0 unspecified atom stereocenters. The van der Waals surface area contributed by atoms with Crippen LogP contribution in [-0.2, 0) is 27.4 Å². The number of nitrogens with one attached hydrogen (secondary N) is 1. The SMILES string of the molecule is CC(=O)OCc1ccc(NC(=O)Cc2ccccc2)cc1. The number of hydrogen-bond acceptors (Lipinski definition) is 3. The average molecular weight is 283 g/mol. The molecule has 0 bridgehead atoms. The van der Waals surface area contributed by atoms with Crippen molar-refractivity contribution in [2.24, 2.45) is 0 Å². The van der Waals surface area contributed by atoms with Crippen LogP contribution in [-0.4, -0.2) is 11.9 Å². The van der Waals surface area contributed by atoms with Gasteiger partial charge in [-0.2, -0.15) is 0 Å². The molecule has 4 nitrogen and oxygen atoms in total. The molecule has 2 rings (SSSR count). The summed E-state index contributed by atoms with van der Waals surface area (Å²) in [7, 11) is 0. The van der Waals surface area contributed by atoms with Gasteiger partial charge < -0.3 is 10.1 Å². The third-order valence-electron chi connectivity index (χ3n) is 2.89. The number of rotatable bonds is 5. The smallest absolute Gasteiger partial charge is 0.302 e. The third kappa shape index (κ3) is 5.10. The van der Waals surface area contributed by atoms with Crippen LogP contribution in [0.5, 0.6) is 0 Å². The summed E-state index contributed by atoms with van der Waals surface area (Å²) in [6.07, 6.45) is 0.343. The lowest BCUT2D eigenvalue weighted by Gasteiger charge is -2.07. The van der Waals surface area contributed by atoms with Gasteiger partial charge in [0.05, 0.1) is 6.42 Å². The molecule has 0 saturated carbocycles. The van der Waals surface area contributed by atoms with E-state index >= 15 is 0 Å². The Labute approximate surface area is 123 Å². The molecule has 0 fully saturated rings. The summed E-state index contributed by atoms with van der Waals surface area (Å²) in [5, 5.41) is 2.84. The number of hydrogen-bond donors (Lipinski definition) is 1. The van der Waals surface area contributed by atoms with E-state index in [9.17, 15) is 9.59 Å². The first-order valence-corrected chi connectivity index (χ1v) is 6.69. The molecule has 21 heavy (non-hydrogen) atoms. The maximum Gasteiger partial charge on any atom is 0.302 e. The van der Waals surface area contributed by atoms with E-state index in [0.717, 1.165) is 16.8 Å². The van der Waals surface area contributed by atoms with Crippen molar-refractivity contribution in [3.05, 3.63) is 65.7 Å². The fraction of sp³-hybridized carbons (Fsp3) is 0.176. The van der Waals surface area contributed by atoms with Gasteiger partial charge in [0.1, 0.15) is 6.61 Å². The molecule has 0 saturated heterocycles. The van der Waals surface area contributed by atoms with Gasteiger partial charge >= 0.3 is 5.97 Å². The molecule has 4 heteroatoms. The van der Waals surface area contributed by atoms with E-state index in [1.54, 1.807) is 12.1 Å². The van der Waals surface area contributed by atoms with Gasteiger partial charge in [-0.1, -0.05) is 42.5 Å². The fourth-order valence-electron chi connectivity index (χ4n) is 1.86. The Bertz CT molecular complexity index is 606. The van der Waals surface area contributed by atoms with Crippen molar-refractivity contribution in [1.82, 2.24) is 0 Å². The van der Waals surface area contributed by atoms with Crippen LogP contribution in [0, 0.1) is 0 Å². The first-order chi connectivity index (χ1) is 10.1.